The van der Waals surface area contributed by atoms with Crippen molar-refractivity contribution in [3.05, 3.63) is 28.5 Å². The van der Waals surface area contributed by atoms with Crippen LogP contribution in [0.3, 0.4) is 0 Å². The molecule has 19 heavy (non-hydrogen) atoms. The van der Waals surface area contributed by atoms with E-state index >= 15 is 0 Å². The van der Waals surface area contributed by atoms with Crippen LogP contribution in [0.15, 0.2) is 12.1 Å². The van der Waals surface area contributed by atoms with E-state index in [0.717, 1.165) is 6.07 Å². The van der Waals surface area contributed by atoms with Crippen LogP contribution >= 0.6 is 24.0 Å². The van der Waals surface area contributed by atoms with E-state index < -0.39 is 24.5 Å². The molecule has 0 saturated carbocycles. The monoisotopic (exact) mass is 321 g/mol. The first kappa shape index (κ1) is 18.3. The molecule has 0 unspecified atom stereocenters. The highest BCUT2D eigenvalue weighted by Gasteiger charge is 2.31. The number of nitrogens with two attached hydrogens (primary N) is 1. The van der Waals surface area contributed by atoms with E-state index in [1.807, 2.05) is 0 Å². The Hall–Kier alpha value is -0.720. The Kier molecular flexibility index (Phi) is 6.89. The van der Waals surface area contributed by atoms with Crippen molar-refractivity contribution in [2.45, 2.75) is 25.6 Å². The summed E-state index contributed by atoms with van der Waals surface area (Å²) in [4.78, 5) is 0. The Balaban J connectivity index is 0.00000324. The second-order valence-corrected chi connectivity index (χ2v) is 4.08. The molecular formula is C11H13Cl2F4NO. The molecule has 0 spiro atoms. The fourth-order valence-electron chi connectivity index (χ4n) is 1.44. The van der Waals surface area contributed by atoms with Gasteiger partial charge in [0.05, 0.1) is 18.1 Å². The second kappa shape index (κ2) is 7.17. The molecule has 0 bridgehead atoms. The van der Waals surface area contributed by atoms with Gasteiger partial charge in [-0.25, -0.2) is 4.39 Å². The molecule has 0 heterocycles. The second-order valence-electron chi connectivity index (χ2n) is 3.67. The van der Waals surface area contributed by atoms with E-state index in [-0.39, 0.29) is 35.3 Å². The van der Waals surface area contributed by atoms with Crippen molar-refractivity contribution >= 4 is 24.0 Å². The summed E-state index contributed by atoms with van der Waals surface area (Å²) in [6, 6.07) is 0.743. The summed E-state index contributed by atoms with van der Waals surface area (Å²) < 4.78 is 55.0. The molecule has 0 radical (unpaired) electrons. The summed E-state index contributed by atoms with van der Waals surface area (Å²) in [5, 5.41) is -0.0931. The lowest BCUT2D eigenvalue weighted by molar-refractivity contribution is -0.138. The Morgan fingerprint density at radius 1 is 1.37 bits per heavy atom. The molecule has 1 aromatic carbocycles. The molecular weight excluding hydrogens is 309 g/mol. The molecule has 0 aliphatic carbocycles. The lowest BCUT2D eigenvalue weighted by Gasteiger charge is -2.16. The molecule has 2 N–H and O–H groups in total. The van der Waals surface area contributed by atoms with Crippen molar-refractivity contribution in [2.24, 2.45) is 5.73 Å². The molecule has 1 rings (SSSR count). The predicted octanol–water partition coefficient (Wildman–Crippen LogP) is 4.25. The molecule has 1 aromatic rings. The summed E-state index contributed by atoms with van der Waals surface area (Å²) in [5.74, 6) is -1.00. The van der Waals surface area contributed by atoms with Gasteiger partial charge >= 0.3 is 6.18 Å². The van der Waals surface area contributed by atoms with Gasteiger partial charge in [0, 0.05) is 6.04 Å². The smallest absolute Gasteiger partial charge is 0.390 e. The van der Waals surface area contributed by atoms with Gasteiger partial charge < -0.3 is 10.5 Å². The first-order valence-corrected chi connectivity index (χ1v) is 5.56. The van der Waals surface area contributed by atoms with Gasteiger partial charge in [0.1, 0.15) is 0 Å². The minimum absolute atomic E-state index is 0. The standard InChI is InChI=1S/C11H12ClF4NO.ClH/c1-2-18-10-7(12)3-6(4-8(10)13)9(17)5-11(14,15)16;/h3-4,9H,2,5,17H2,1H3;1H/t9-;/m1./s1. The van der Waals surface area contributed by atoms with Crippen LogP contribution in [-0.2, 0) is 0 Å². The maximum absolute atomic E-state index is 13.5. The Morgan fingerprint density at radius 2 is 1.95 bits per heavy atom. The SMILES string of the molecule is CCOc1c(F)cc([C@H](N)CC(F)(F)F)cc1Cl.Cl. The van der Waals surface area contributed by atoms with Crippen molar-refractivity contribution in [1.82, 2.24) is 0 Å². The largest absolute Gasteiger partial charge is 0.489 e. The number of benzene rings is 1. The van der Waals surface area contributed by atoms with E-state index in [2.05, 4.69) is 0 Å². The highest BCUT2D eigenvalue weighted by Crippen LogP contribution is 2.34. The first-order valence-electron chi connectivity index (χ1n) is 5.18. The Labute approximate surface area is 119 Å². The zero-order valence-corrected chi connectivity index (χ0v) is 11.5. The maximum atomic E-state index is 13.5. The van der Waals surface area contributed by atoms with Crippen molar-refractivity contribution in [3.63, 3.8) is 0 Å². The molecule has 8 heteroatoms. The summed E-state index contributed by atoms with van der Waals surface area (Å²) in [7, 11) is 0. The summed E-state index contributed by atoms with van der Waals surface area (Å²) in [5.41, 5.74) is 5.34. The molecule has 1 atom stereocenters. The van der Waals surface area contributed by atoms with Crippen LogP contribution in [0.25, 0.3) is 0 Å². The number of rotatable bonds is 4. The normalized spacial score (nSPS) is 12.8. The lowest BCUT2D eigenvalue weighted by Crippen LogP contribution is -2.20. The summed E-state index contributed by atoms with van der Waals surface area (Å²) >= 11 is 5.73. The zero-order chi connectivity index (χ0) is 13.9. The molecule has 0 aliphatic heterocycles. The third-order valence-corrected chi connectivity index (χ3v) is 2.47. The van der Waals surface area contributed by atoms with Gasteiger partial charge in [0.25, 0.3) is 0 Å². The van der Waals surface area contributed by atoms with E-state index in [0.29, 0.717) is 0 Å². The number of halogens is 6. The van der Waals surface area contributed by atoms with Gasteiger partial charge in [0.15, 0.2) is 11.6 Å². The Morgan fingerprint density at radius 3 is 2.37 bits per heavy atom. The average Bonchev–Trinajstić information content (AvgIpc) is 2.20. The van der Waals surface area contributed by atoms with Crippen molar-refractivity contribution in [3.8, 4) is 5.75 Å². The predicted molar refractivity (Wildman–Crippen MR) is 67.4 cm³/mol. The van der Waals surface area contributed by atoms with Gasteiger partial charge in [-0.15, -0.1) is 12.4 Å². The molecule has 0 aliphatic rings. The number of alkyl halides is 3. The molecule has 110 valence electrons. The number of hydrogen-bond donors (Lipinski definition) is 1. The van der Waals surface area contributed by atoms with Crippen LogP contribution in [0.5, 0.6) is 5.75 Å². The van der Waals surface area contributed by atoms with Gasteiger partial charge in [-0.05, 0) is 24.6 Å². The molecule has 0 saturated heterocycles. The van der Waals surface area contributed by atoms with Crippen molar-refractivity contribution in [1.29, 1.82) is 0 Å². The quantitative estimate of drug-likeness (QED) is 0.841. The molecule has 2 nitrogen and oxygen atoms in total. The molecule has 0 fully saturated rings. The summed E-state index contributed by atoms with van der Waals surface area (Å²) in [6.45, 7) is 1.84. The lowest BCUT2D eigenvalue weighted by atomic mass is 10.0. The van der Waals surface area contributed by atoms with Crippen molar-refractivity contribution < 1.29 is 22.3 Å². The highest BCUT2D eigenvalue weighted by atomic mass is 35.5. The topological polar surface area (TPSA) is 35.2 Å². The third-order valence-electron chi connectivity index (χ3n) is 2.19. The van der Waals surface area contributed by atoms with Crippen LogP contribution in [0.4, 0.5) is 17.6 Å². The fourth-order valence-corrected chi connectivity index (χ4v) is 1.71. The zero-order valence-electron chi connectivity index (χ0n) is 9.93. The van der Waals surface area contributed by atoms with Crippen LogP contribution < -0.4 is 10.5 Å². The van der Waals surface area contributed by atoms with Gasteiger partial charge in [-0.2, -0.15) is 13.2 Å². The maximum Gasteiger partial charge on any atom is 0.390 e. The van der Waals surface area contributed by atoms with E-state index in [9.17, 15) is 17.6 Å². The first-order chi connectivity index (χ1) is 8.24. The van der Waals surface area contributed by atoms with Crippen LogP contribution in [0, 0.1) is 5.82 Å². The van der Waals surface area contributed by atoms with E-state index in [1.54, 1.807) is 6.92 Å². The van der Waals surface area contributed by atoms with Gasteiger partial charge in [-0.3, -0.25) is 0 Å². The highest BCUT2D eigenvalue weighted by molar-refractivity contribution is 6.32. The fraction of sp³-hybridized carbons (Fsp3) is 0.455. The third kappa shape index (κ3) is 5.42. The minimum atomic E-state index is -4.42. The summed E-state index contributed by atoms with van der Waals surface area (Å²) in [6.07, 6.45) is -5.66. The van der Waals surface area contributed by atoms with E-state index in [1.165, 1.54) is 6.07 Å². The molecule has 0 aromatic heterocycles. The van der Waals surface area contributed by atoms with Crippen LogP contribution in [0.2, 0.25) is 5.02 Å². The van der Waals surface area contributed by atoms with Crippen LogP contribution in [0.1, 0.15) is 24.9 Å². The van der Waals surface area contributed by atoms with Crippen LogP contribution in [-0.4, -0.2) is 12.8 Å². The van der Waals surface area contributed by atoms with Crippen molar-refractivity contribution in [2.75, 3.05) is 6.61 Å². The number of hydrogen-bond acceptors (Lipinski definition) is 2. The Bertz CT molecular complexity index is 403. The average molecular weight is 322 g/mol. The van der Waals surface area contributed by atoms with Gasteiger partial charge in [0.2, 0.25) is 0 Å². The van der Waals surface area contributed by atoms with E-state index in [4.69, 9.17) is 22.1 Å². The number of ether oxygens (including phenoxy) is 1. The van der Waals surface area contributed by atoms with Gasteiger partial charge in [-0.1, -0.05) is 11.6 Å². The molecule has 0 amide bonds. The minimum Gasteiger partial charge on any atom is -0.489 e.